The molecule has 0 amide bonds. The predicted octanol–water partition coefficient (Wildman–Crippen LogP) is 5.01. The van der Waals surface area contributed by atoms with Gasteiger partial charge in [0.05, 0.1) is 18.2 Å². The van der Waals surface area contributed by atoms with Gasteiger partial charge in [-0.05, 0) is 52.9 Å². The molecule has 4 aromatic rings. The Balaban J connectivity index is 1.88. The van der Waals surface area contributed by atoms with Crippen molar-refractivity contribution in [1.29, 1.82) is 0 Å². The molecule has 0 fully saturated rings. The Morgan fingerprint density at radius 3 is 2.35 bits per heavy atom. The molecule has 0 radical (unpaired) electrons. The van der Waals surface area contributed by atoms with Crippen molar-refractivity contribution in [2.75, 3.05) is 13.7 Å². The van der Waals surface area contributed by atoms with E-state index in [1.165, 1.54) is 7.11 Å². The molecule has 0 unspecified atom stereocenters. The molecule has 0 spiro atoms. The van der Waals surface area contributed by atoms with Gasteiger partial charge in [-0.15, -0.1) is 0 Å². The maximum absolute atomic E-state index is 12.8. The third-order valence-electron chi connectivity index (χ3n) is 5.73. The quantitative estimate of drug-likeness (QED) is 0.155. The van der Waals surface area contributed by atoms with Crippen LogP contribution in [0, 0.1) is 6.92 Å². The fourth-order valence-corrected chi connectivity index (χ4v) is 4.21. The summed E-state index contributed by atoms with van der Waals surface area (Å²) >= 11 is 5.60. The van der Waals surface area contributed by atoms with Gasteiger partial charge in [-0.2, -0.15) is 0 Å². The molecule has 0 saturated heterocycles. The zero-order valence-electron chi connectivity index (χ0n) is 18.7. The van der Waals surface area contributed by atoms with Crippen molar-refractivity contribution >= 4 is 34.1 Å². The first-order valence-electron chi connectivity index (χ1n) is 10.6. The summed E-state index contributed by atoms with van der Waals surface area (Å²) in [6.07, 6.45) is 2.28. The Morgan fingerprint density at radius 1 is 0.941 bits per heavy atom. The van der Waals surface area contributed by atoms with Gasteiger partial charge in [0, 0.05) is 18.3 Å². The van der Waals surface area contributed by atoms with E-state index in [0.29, 0.717) is 17.5 Å². The van der Waals surface area contributed by atoms with E-state index in [-0.39, 0.29) is 17.9 Å². The number of carbonyl (C=O) groups excluding carboxylic acids is 3. The lowest BCUT2D eigenvalue weighted by Crippen LogP contribution is -2.14. The van der Waals surface area contributed by atoms with E-state index in [2.05, 4.69) is 10.8 Å². The zero-order valence-corrected chi connectivity index (χ0v) is 19.5. The van der Waals surface area contributed by atoms with Crippen molar-refractivity contribution in [2.45, 2.75) is 13.3 Å². The van der Waals surface area contributed by atoms with Crippen molar-refractivity contribution in [3.8, 4) is 16.9 Å². The second-order valence-electron chi connectivity index (χ2n) is 7.71. The molecule has 0 bridgehead atoms. The fourth-order valence-electron chi connectivity index (χ4n) is 4.12. The first-order valence-corrected chi connectivity index (χ1v) is 11.0. The number of benzene rings is 2. The molecule has 6 nitrogen and oxygen atoms in total. The van der Waals surface area contributed by atoms with Crippen molar-refractivity contribution in [1.82, 2.24) is 4.40 Å². The van der Waals surface area contributed by atoms with Crippen LogP contribution in [0.3, 0.4) is 0 Å². The summed E-state index contributed by atoms with van der Waals surface area (Å²) in [6, 6.07) is 21.4. The number of fused-ring (bicyclic) bond motifs is 1. The fraction of sp³-hybridized carbons (Fsp3) is 0.148. The van der Waals surface area contributed by atoms with Gasteiger partial charge >= 0.3 is 5.97 Å². The number of carbonyl (C=O) groups is 3. The van der Waals surface area contributed by atoms with Crippen LogP contribution in [0.2, 0.25) is 0 Å². The number of rotatable bonds is 8. The number of esters is 1. The first-order chi connectivity index (χ1) is 16.4. The minimum atomic E-state index is -1.09. The molecule has 0 aliphatic heterocycles. The predicted molar refractivity (Wildman–Crippen MR) is 130 cm³/mol. The molecular weight excluding hydrogens is 454 g/mol. The highest BCUT2D eigenvalue weighted by Crippen LogP contribution is 2.34. The molecule has 2 aromatic heterocycles. The zero-order chi connectivity index (χ0) is 24.2. The van der Waals surface area contributed by atoms with E-state index in [0.717, 1.165) is 22.4 Å². The Hall–Kier alpha value is -3.90. The van der Waals surface area contributed by atoms with E-state index in [9.17, 15) is 14.4 Å². The topological polar surface area (TPSA) is 74.1 Å². The number of hydrogen-bond acceptors (Lipinski definition) is 5. The van der Waals surface area contributed by atoms with Crippen LogP contribution in [0.25, 0.3) is 16.6 Å². The molecule has 0 saturated carbocycles. The molecule has 0 aliphatic carbocycles. The molecule has 4 rings (SSSR count). The maximum atomic E-state index is 12.8. The smallest absolute Gasteiger partial charge is 0.343 e. The van der Waals surface area contributed by atoms with E-state index < -0.39 is 17.0 Å². The van der Waals surface area contributed by atoms with Crippen LogP contribution in [0.5, 0.6) is 5.75 Å². The van der Waals surface area contributed by atoms with Crippen LogP contribution in [0.4, 0.5) is 0 Å². The highest BCUT2D eigenvalue weighted by atomic mass is 35.5. The van der Waals surface area contributed by atoms with Gasteiger partial charge in [0.2, 0.25) is 5.78 Å². The maximum Gasteiger partial charge on any atom is 0.343 e. The minimum absolute atomic E-state index is 0.160. The van der Waals surface area contributed by atoms with Crippen LogP contribution in [0.1, 0.15) is 27.2 Å². The summed E-state index contributed by atoms with van der Waals surface area (Å²) in [7, 11) is 1.26. The Kier molecular flexibility index (Phi) is 6.80. The largest absolute Gasteiger partial charge is 0.480 e. The van der Waals surface area contributed by atoms with Gasteiger partial charge < -0.3 is 13.9 Å². The number of Topliss-reactive ketones (excluding diaryl/α,β-unsaturated/α-hetero) is 1. The van der Waals surface area contributed by atoms with Crippen LogP contribution < -0.4 is 4.74 Å². The van der Waals surface area contributed by atoms with E-state index >= 15 is 0 Å². The average molecular weight is 476 g/mol. The molecule has 0 N–H and O–H groups in total. The molecule has 0 atom stereocenters. The molecule has 172 valence electrons. The van der Waals surface area contributed by atoms with Crippen LogP contribution in [-0.4, -0.2) is 35.1 Å². The van der Waals surface area contributed by atoms with Crippen molar-refractivity contribution < 1.29 is 23.9 Å². The molecule has 0 aliphatic rings. The first kappa shape index (κ1) is 23.3. The van der Waals surface area contributed by atoms with Gasteiger partial charge in [-0.1, -0.05) is 54.6 Å². The van der Waals surface area contributed by atoms with Gasteiger partial charge in [-0.3, -0.25) is 9.59 Å². The van der Waals surface area contributed by atoms with Crippen LogP contribution in [0.15, 0.2) is 72.9 Å². The average Bonchev–Trinajstić information content (AvgIpc) is 3.14. The number of ether oxygens (including phenoxy) is 2. The number of hydrogen-bond donors (Lipinski definition) is 0. The molecule has 2 heterocycles. The molecule has 2 aromatic carbocycles. The second-order valence-corrected chi connectivity index (χ2v) is 8.05. The molecular formula is C27H22ClNO5. The summed E-state index contributed by atoms with van der Waals surface area (Å²) in [6.45, 7) is 1.44. The summed E-state index contributed by atoms with van der Waals surface area (Å²) in [4.78, 5) is 36.3. The highest BCUT2D eigenvalue weighted by Gasteiger charge is 2.27. The number of aromatic nitrogens is 1. The number of halogens is 1. The number of ketones is 1. The molecule has 34 heavy (non-hydrogen) atoms. The summed E-state index contributed by atoms with van der Waals surface area (Å²) in [5.74, 6) is -1.11. The summed E-state index contributed by atoms with van der Waals surface area (Å²) in [5, 5.41) is -1.09. The van der Waals surface area contributed by atoms with Crippen molar-refractivity contribution in [3.05, 3.63) is 95.3 Å². The third-order valence-corrected chi connectivity index (χ3v) is 5.90. The lowest BCUT2D eigenvalue weighted by molar-refractivity contribution is -0.142. The van der Waals surface area contributed by atoms with E-state index in [1.807, 2.05) is 52.9 Å². The number of pyridine rings is 1. The highest BCUT2D eigenvalue weighted by molar-refractivity contribution is 6.83. The monoisotopic (exact) mass is 475 g/mol. The normalized spacial score (nSPS) is 10.8. The lowest BCUT2D eigenvalue weighted by atomic mass is 9.95. The SMILES string of the molecule is COC(=O)COc1cccn2c(Cc3ccccc3-c3ccccc3)c(C)c(C(=O)C(=O)Cl)c12. The molecule has 7 heteroatoms. The van der Waals surface area contributed by atoms with Crippen LogP contribution >= 0.6 is 11.6 Å². The Labute approximate surface area is 201 Å². The van der Waals surface area contributed by atoms with E-state index in [4.69, 9.17) is 16.3 Å². The van der Waals surface area contributed by atoms with Crippen molar-refractivity contribution in [3.63, 3.8) is 0 Å². The van der Waals surface area contributed by atoms with Gasteiger partial charge in [0.25, 0.3) is 5.24 Å². The number of methoxy groups -OCH3 is 1. The van der Waals surface area contributed by atoms with Gasteiger partial charge in [0.15, 0.2) is 6.61 Å². The number of nitrogens with zero attached hydrogens (tertiary/aromatic N) is 1. The Bertz CT molecular complexity index is 1390. The van der Waals surface area contributed by atoms with E-state index in [1.54, 1.807) is 25.3 Å². The summed E-state index contributed by atoms with van der Waals surface area (Å²) < 4.78 is 12.1. The van der Waals surface area contributed by atoms with Crippen LogP contribution in [-0.2, 0) is 20.7 Å². The minimum Gasteiger partial charge on any atom is -0.480 e. The van der Waals surface area contributed by atoms with Crippen molar-refractivity contribution in [2.24, 2.45) is 0 Å². The summed E-state index contributed by atoms with van der Waals surface area (Å²) in [5.41, 5.74) is 5.16. The standard InChI is InChI=1S/C27H22ClNO5/c1-17-21(15-19-11-6-7-12-20(19)18-9-4-3-5-10-18)29-14-8-13-22(34-16-23(30)33-2)25(29)24(17)26(31)27(28)32/h3-14H,15-16H2,1-2H3. The lowest BCUT2D eigenvalue weighted by Gasteiger charge is -2.12. The van der Waals surface area contributed by atoms with Gasteiger partial charge in [0.1, 0.15) is 5.75 Å². The second kappa shape index (κ2) is 9.93. The van der Waals surface area contributed by atoms with Gasteiger partial charge in [-0.25, -0.2) is 4.79 Å². The third kappa shape index (κ3) is 4.45. The Morgan fingerprint density at radius 2 is 1.65 bits per heavy atom.